The Morgan fingerprint density at radius 1 is 0.947 bits per heavy atom. The summed E-state index contributed by atoms with van der Waals surface area (Å²) in [5.74, 6) is 0.978. The fourth-order valence-electron chi connectivity index (χ4n) is 2.09. The first-order chi connectivity index (χ1) is 9.30. The number of hydrogen-bond donors (Lipinski definition) is 1. The maximum absolute atomic E-state index is 5.74. The van der Waals surface area contributed by atoms with Crippen LogP contribution < -0.4 is 10.1 Å². The van der Waals surface area contributed by atoms with Gasteiger partial charge in [0, 0.05) is 11.7 Å². The van der Waals surface area contributed by atoms with E-state index in [0.29, 0.717) is 6.04 Å². The molecule has 0 aliphatic carbocycles. The van der Waals surface area contributed by atoms with Gasteiger partial charge in [0.05, 0.1) is 6.61 Å². The minimum Gasteiger partial charge on any atom is -0.494 e. The minimum absolute atomic E-state index is 0.570. The highest BCUT2D eigenvalue weighted by Gasteiger charge is 2.02. The lowest BCUT2D eigenvalue weighted by Gasteiger charge is -2.16. The smallest absolute Gasteiger partial charge is 0.119 e. The molecule has 19 heavy (non-hydrogen) atoms. The summed E-state index contributed by atoms with van der Waals surface area (Å²) in [5.41, 5.74) is 1.19. The van der Waals surface area contributed by atoms with Gasteiger partial charge in [0.1, 0.15) is 5.75 Å². The van der Waals surface area contributed by atoms with Gasteiger partial charge >= 0.3 is 0 Å². The monoisotopic (exact) mass is 263 g/mol. The molecule has 0 radical (unpaired) electrons. The van der Waals surface area contributed by atoms with Crippen LogP contribution in [0.15, 0.2) is 24.3 Å². The van der Waals surface area contributed by atoms with Crippen molar-refractivity contribution in [1.82, 2.24) is 0 Å². The van der Waals surface area contributed by atoms with E-state index >= 15 is 0 Å². The molecule has 0 spiro atoms. The average Bonchev–Trinajstić information content (AvgIpc) is 2.46. The second kappa shape index (κ2) is 9.71. The minimum atomic E-state index is 0.570. The van der Waals surface area contributed by atoms with E-state index < -0.39 is 0 Å². The molecule has 0 heterocycles. The van der Waals surface area contributed by atoms with Crippen molar-refractivity contribution in [3.63, 3.8) is 0 Å². The third-order valence-electron chi connectivity index (χ3n) is 3.48. The van der Waals surface area contributed by atoms with Gasteiger partial charge in [-0.25, -0.2) is 0 Å². The number of hydrogen-bond acceptors (Lipinski definition) is 2. The van der Waals surface area contributed by atoms with Crippen LogP contribution in [0.5, 0.6) is 5.75 Å². The van der Waals surface area contributed by atoms with Crippen molar-refractivity contribution in [1.29, 1.82) is 0 Å². The summed E-state index contributed by atoms with van der Waals surface area (Å²) in [6.45, 7) is 7.50. The topological polar surface area (TPSA) is 21.3 Å². The van der Waals surface area contributed by atoms with Crippen LogP contribution in [0, 0.1) is 0 Å². The van der Waals surface area contributed by atoms with E-state index in [1.54, 1.807) is 0 Å². The van der Waals surface area contributed by atoms with Crippen LogP contribution in [-0.4, -0.2) is 12.6 Å². The molecule has 0 fully saturated rings. The van der Waals surface area contributed by atoms with Crippen molar-refractivity contribution in [2.75, 3.05) is 11.9 Å². The van der Waals surface area contributed by atoms with Gasteiger partial charge in [-0.2, -0.15) is 0 Å². The van der Waals surface area contributed by atoms with E-state index in [0.717, 1.165) is 31.6 Å². The average molecular weight is 263 g/mol. The third-order valence-corrected chi connectivity index (χ3v) is 3.48. The zero-order valence-electron chi connectivity index (χ0n) is 12.7. The quantitative estimate of drug-likeness (QED) is 0.582. The van der Waals surface area contributed by atoms with Crippen LogP contribution in [0.1, 0.15) is 59.3 Å². The number of rotatable bonds is 10. The fourth-order valence-corrected chi connectivity index (χ4v) is 2.09. The molecule has 2 heteroatoms. The van der Waals surface area contributed by atoms with Gasteiger partial charge in [-0.3, -0.25) is 0 Å². The molecule has 0 atom stereocenters. The molecule has 0 aliphatic rings. The molecule has 0 bridgehead atoms. The van der Waals surface area contributed by atoms with Gasteiger partial charge in [-0.1, -0.05) is 40.0 Å². The lowest BCUT2D eigenvalue weighted by molar-refractivity contribution is 0.305. The fraction of sp³-hybridized carbons (Fsp3) is 0.647. The second-order valence-electron chi connectivity index (χ2n) is 5.09. The van der Waals surface area contributed by atoms with Gasteiger partial charge in [-0.15, -0.1) is 0 Å². The number of nitrogens with one attached hydrogen (secondary N) is 1. The van der Waals surface area contributed by atoms with Gasteiger partial charge in [0.15, 0.2) is 0 Å². The van der Waals surface area contributed by atoms with E-state index in [1.807, 2.05) is 0 Å². The Morgan fingerprint density at radius 2 is 1.63 bits per heavy atom. The molecule has 2 nitrogen and oxygen atoms in total. The summed E-state index contributed by atoms with van der Waals surface area (Å²) in [7, 11) is 0. The Balaban J connectivity index is 2.30. The Hall–Kier alpha value is -1.18. The predicted molar refractivity (Wildman–Crippen MR) is 84.1 cm³/mol. The summed E-state index contributed by atoms with van der Waals surface area (Å²) in [5, 5.41) is 3.53. The van der Waals surface area contributed by atoms with Crippen LogP contribution in [0.3, 0.4) is 0 Å². The summed E-state index contributed by atoms with van der Waals surface area (Å²) in [4.78, 5) is 0. The molecule has 0 aromatic heterocycles. The van der Waals surface area contributed by atoms with Crippen molar-refractivity contribution >= 4 is 5.69 Å². The standard InChI is InChI=1S/C17H29NO/c1-4-7-8-9-14-19-17-12-10-16(11-13-17)18-15(5-2)6-3/h10-13,15,18H,4-9,14H2,1-3H3. The van der Waals surface area contributed by atoms with Gasteiger partial charge < -0.3 is 10.1 Å². The molecule has 108 valence electrons. The van der Waals surface area contributed by atoms with E-state index in [9.17, 15) is 0 Å². The molecule has 1 aromatic rings. The first-order valence-corrected chi connectivity index (χ1v) is 7.79. The highest BCUT2D eigenvalue weighted by Crippen LogP contribution is 2.18. The van der Waals surface area contributed by atoms with Crippen molar-refractivity contribution in [2.45, 2.75) is 65.3 Å². The van der Waals surface area contributed by atoms with Crippen LogP contribution in [0.25, 0.3) is 0 Å². The zero-order chi connectivity index (χ0) is 13.9. The van der Waals surface area contributed by atoms with E-state index in [-0.39, 0.29) is 0 Å². The molecule has 0 amide bonds. The summed E-state index contributed by atoms with van der Waals surface area (Å²) in [6, 6.07) is 8.91. The first-order valence-electron chi connectivity index (χ1n) is 7.79. The largest absolute Gasteiger partial charge is 0.494 e. The molecular weight excluding hydrogens is 234 g/mol. The zero-order valence-corrected chi connectivity index (χ0v) is 12.7. The number of unbranched alkanes of at least 4 members (excludes halogenated alkanes) is 3. The predicted octanol–water partition coefficient (Wildman–Crippen LogP) is 5.25. The molecule has 0 saturated heterocycles. The summed E-state index contributed by atoms with van der Waals surface area (Å²) in [6.07, 6.45) is 7.32. The van der Waals surface area contributed by atoms with Crippen molar-refractivity contribution in [3.8, 4) is 5.75 Å². The van der Waals surface area contributed by atoms with Gasteiger partial charge in [0.2, 0.25) is 0 Å². The van der Waals surface area contributed by atoms with Crippen LogP contribution >= 0.6 is 0 Å². The summed E-state index contributed by atoms with van der Waals surface area (Å²) < 4.78 is 5.74. The number of benzene rings is 1. The van der Waals surface area contributed by atoms with Crippen molar-refractivity contribution in [3.05, 3.63) is 24.3 Å². The molecule has 0 aliphatic heterocycles. The van der Waals surface area contributed by atoms with Crippen LogP contribution in [0.2, 0.25) is 0 Å². The Kier molecular flexibility index (Phi) is 8.11. The van der Waals surface area contributed by atoms with Crippen LogP contribution in [-0.2, 0) is 0 Å². The van der Waals surface area contributed by atoms with E-state index in [1.165, 1.54) is 24.9 Å². The van der Waals surface area contributed by atoms with E-state index in [4.69, 9.17) is 4.74 Å². The maximum Gasteiger partial charge on any atom is 0.119 e. The summed E-state index contributed by atoms with van der Waals surface area (Å²) >= 11 is 0. The Labute approximate surface area is 118 Å². The highest BCUT2D eigenvalue weighted by molar-refractivity contribution is 5.47. The number of ether oxygens (including phenoxy) is 1. The maximum atomic E-state index is 5.74. The van der Waals surface area contributed by atoms with E-state index in [2.05, 4.69) is 50.4 Å². The van der Waals surface area contributed by atoms with Crippen molar-refractivity contribution in [2.24, 2.45) is 0 Å². The van der Waals surface area contributed by atoms with Crippen molar-refractivity contribution < 1.29 is 4.74 Å². The molecule has 1 N–H and O–H groups in total. The molecule has 1 aromatic carbocycles. The molecular formula is C17H29NO. The lowest BCUT2D eigenvalue weighted by atomic mass is 10.1. The number of anilines is 1. The van der Waals surface area contributed by atoms with Crippen LogP contribution in [0.4, 0.5) is 5.69 Å². The normalized spacial score (nSPS) is 10.7. The Bertz CT molecular complexity index is 317. The SMILES string of the molecule is CCCCCCOc1ccc(NC(CC)CC)cc1. The highest BCUT2D eigenvalue weighted by atomic mass is 16.5. The second-order valence-corrected chi connectivity index (χ2v) is 5.09. The molecule has 0 unspecified atom stereocenters. The molecule has 1 rings (SSSR count). The van der Waals surface area contributed by atoms with Gasteiger partial charge in [-0.05, 0) is 43.5 Å². The lowest BCUT2D eigenvalue weighted by Crippen LogP contribution is -2.16. The third kappa shape index (κ3) is 6.51. The Morgan fingerprint density at radius 3 is 2.21 bits per heavy atom. The van der Waals surface area contributed by atoms with Gasteiger partial charge in [0.25, 0.3) is 0 Å². The first kappa shape index (κ1) is 15.9. The molecule has 0 saturated carbocycles.